The first-order chi connectivity index (χ1) is 20.4. The predicted octanol–water partition coefficient (Wildman–Crippen LogP) is 5.41. The van der Waals surface area contributed by atoms with E-state index in [-0.39, 0.29) is 5.91 Å². The van der Waals surface area contributed by atoms with Gasteiger partial charge in [-0.3, -0.25) is 4.79 Å². The number of H-pyrrole nitrogens is 2. The maximum atomic E-state index is 13.2. The van der Waals surface area contributed by atoms with Crippen LogP contribution in [0.25, 0.3) is 21.8 Å². The van der Waals surface area contributed by atoms with E-state index in [1.165, 1.54) is 16.5 Å². The van der Waals surface area contributed by atoms with Crippen LogP contribution in [0.5, 0.6) is 0 Å². The third kappa shape index (κ3) is 5.85. The number of para-hydroxylation sites is 2. The van der Waals surface area contributed by atoms with Gasteiger partial charge in [-0.1, -0.05) is 66.7 Å². The van der Waals surface area contributed by atoms with Crippen LogP contribution in [0.4, 0.5) is 0 Å². The average molecular weight is 560 g/mol. The Balaban J connectivity index is 1.35. The fraction of sp³-hybridized carbons (Fsp3) is 0.265. The molecule has 0 saturated heterocycles. The Hall–Kier alpha value is -4.69. The number of hydrogen-bond donors (Lipinski definition) is 4. The van der Waals surface area contributed by atoms with E-state index in [4.69, 9.17) is 15.9 Å². The van der Waals surface area contributed by atoms with E-state index >= 15 is 0 Å². The molecule has 5 N–H and O–H groups in total. The first kappa shape index (κ1) is 27.5. The molecule has 0 spiro atoms. The van der Waals surface area contributed by atoms with Gasteiger partial charge in [-0.25, -0.2) is 0 Å². The Morgan fingerprint density at radius 1 is 0.833 bits per heavy atom. The molecule has 214 valence electrons. The SMILES string of the molecule is CC(C)(N)C(=O)NC(Cc1c[nH]c2ccccc12)c1nnc(CCc2c[nH]c3ccccc23)n1CCc1ccccc1. The number of fused-ring (bicyclic) bond motifs is 2. The molecule has 0 aliphatic carbocycles. The summed E-state index contributed by atoms with van der Waals surface area (Å²) in [5.74, 6) is 1.41. The molecule has 3 aromatic heterocycles. The minimum atomic E-state index is -1.04. The van der Waals surface area contributed by atoms with Crippen LogP contribution in [0.15, 0.2) is 91.3 Å². The Bertz CT molecular complexity index is 1810. The highest BCUT2D eigenvalue weighted by atomic mass is 16.2. The highest BCUT2D eigenvalue weighted by Gasteiger charge is 2.29. The Labute approximate surface area is 245 Å². The summed E-state index contributed by atoms with van der Waals surface area (Å²) >= 11 is 0. The molecule has 0 fully saturated rings. The lowest BCUT2D eigenvalue weighted by molar-refractivity contribution is -0.126. The van der Waals surface area contributed by atoms with E-state index in [1.807, 2.05) is 30.5 Å². The highest BCUT2D eigenvalue weighted by Crippen LogP contribution is 2.26. The first-order valence-corrected chi connectivity index (χ1v) is 14.5. The van der Waals surface area contributed by atoms with Crippen LogP contribution in [0.3, 0.4) is 0 Å². The monoisotopic (exact) mass is 559 g/mol. The van der Waals surface area contributed by atoms with Gasteiger partial charge in [0.05, 0.1) is 11.6 Å². The summed E-state index contributed by atoms with van der Waals surface area (Å²) < 4.78 is 2.20. The summed E-state index contributed by atoms with van der Waals surface area (Å²) in [7, 11) is 0. The quantitative estimate of drug-likeness (QED) is 0.170. The molecule has 6 aromatic rings. The zero-order chi connectivity index (χ0) is 29.1. The van der Waals surface area contributed by atoms with Gasteiger partial charge in [0, 0.05) is 53.6 Å². The molecule has 1 amide bonds. The van der Waals surface area contributed by atoms with E-state index in [0.29, 0.717) is 13.0 Å². The van der Waals surface area contributed by atoms with Crippen LogP contribution >= 0.6 is 0 Å². The van der Waals surface area contributed by atoms with Gasteiger partial charge in [0.15, 0.2) is 5.82 Å². The van der Waals surface area contributed by atoms with Crippen molar-refractivity contribution in [3.8, 4) is 0 Å². The summed E-state index contributed by atoms with van der Waals surface area (Å²) in [6.07, 6.45) is 7.02. The number of rotatable bonds is 11. The fourth-order valence-corrected chi connectivity index (χ4v) is 5.58. The fourth-order valence-electron chi connectivity index (χ4n) is 5.58. The molecule has 1 unspecified atom stereocenters. The number of amides is 1. The Morgan fingerprint density at radius 2 is 1.45 bits per heavy atom. The maximum Gasteiger partial charge on any atom is 0.240 e. The molecule has 0 aliphatic rings. The van der Waals surface area contributed by atoms with E-state index in [1.54, 1.807) is 13.8 Å². The molecule has 0 radical (unpaired) electrons. The second kappa shape index (κ2) is 11.7. The average Bonchev–Trinajstić information content (AvgIpc) is 3.71. The van der Waals surface area contributed by atoms with Crippen molar-refractivity contribution in [1.82, 2.24) is 30.0 Å². The van der Waals surface area contributed by atoms with Crippen LogP contribution in [-0.2, 0) is 37.0 Å². The maximum absolute atomic E-state index is 13.2. The number of benzene rings is 3. The van der Waals surface area contributed by atoms with Crippen LogP contribution < -0.4 is 11.1 Å². The van der Waals surface area contributed by atoms with Crippen LogP contribution in [0.2, 0.25) is 0 Å². The summed E-state index contributed by atoms with van der Waals surface area (Å²) in [6, 6.07) is 26.6. The van der Waals surface area contributed by atoms with Crippen molar-refractivity contribution in [1.29, 1.82) is 0 Å². The van der Waals surface area contributed by atoms with Gasteiger partial charge in [-0.15, -0.1) is 10.2 Å². The minimum Gasteiger partial charge on any atom is -0.361 e. The molecule has 0 aliphatic heterocycles. The zero-order valence-corrected chi connectivity index (χ0v) is 24.1. The summed E-state index contributed by atoms with van der Waals surface area (Å²) in [4.78, 5) is 20.0. The predicted molar refractivity (Wildman–Crippen MR) is 167 cm³/mol. The van der Waals surface area contributed by atoms with Gasteiger partial charge in [-0.05, 0) is 55.5 Å². The molecular formula is C34H37N7O. The number of aryl methyl sites for hydroxylation is 3. The molecular weight excluding hydrogens is 522 g/mol. The zero-order valence-electron chi connectivity index (χ0n) is 24.1. The number of aromatic amines is 2. The molecule has 0 saturated carbocycles. The number of carbonyl (C=O) groups excluding carboxylic acids is 1. The van der Waals surface area contributed by atoms with Crippen molar-refractivity contribution in [2.75, 3.05) is 0 Å². The highest BCUT2D eigenvalue weighted by molar-refractivity contribution is 5.86. The third-order valence-corrected chi connectivity index (χ3v) is 7.92. The van der Waals surface area contributed by atoms with Gasteiger partial charge >= 0.3 is 0 Å². The molecule has 0 bridgehead atoms. The van der Waals surface area contributed by atoms with E-state index in [0.717, 1.165) is 52.9 Å². The van der Waals surface area contributed by atoms with Crippen LogP contribution in [0.1, 0.15) is 48.2 Å². The lowest BCUT2D eigenvalue weighted by Crippen LogP contribution is -2.50. The summed E-state index contributed by atoms with van der Waals surface area (Å²) in [5, 5.41) is 15.0. The lowest BCUT2D eigenvalue weighted by Gasteiger charge is -2.25. The number of aromatic nitrogens is 5. The minimum absolute atomic E-state index is 0.231. The van der Waals surface area contributed by atoms with Gasteiger partial charge in [0.25, 0.3) is 0 Å². The van der Waals surface area contributed by atoms with E-state index < -0.39 is 11.6 Å². The summed E-state index contributed by atoms with van der Waals surface area (Å²) in [6.45, 7) is 4.14. The number of nitrogens with zero attached hydrogens (tertiary/aromatic N) is 3. The Morgan fingerprint density at radius 3 is 2.14 bits per heavy atom. The molecule has 8 heteroatoms. The number of nitrogens with one attached hydrogen (secondary N) is 3. The Kier molecular flexibility index (Phi) is 7.63. The molecule has 42 heavy (non-hydrogen) atoms. The lowest BCUT2D eigenvalue weighted by atomic mass is 10.0. The van der Waals surface area contributed by atoms with Gasteiger partial charge in [0.1, 0.15) is 5.82 Å². The second-order valence-electron chi connectivity index (χ2n) is 11.5. The number of nitrogens with two attached hydrogens (primary N) is 1. The third-order valence-electron chi connectivity index (χ3n) is 7.92. The van der Waals surface area contributed by atoms with Crippen LogP contribution in [-0.4, -0.2) is 36.2 Å². The van der Waals surface area contributed by atoms with Crippen molar-refractivity contribution in [2.24, 2.45) is 5.73 Å². The van der Waals surface area contributed by atoms with Gasteiger partial charge in [-0.2, -0.15) is 0 Å². The first-order valence-electron chi connectivity index (χ1n) is 14.5. The standard InChI is InChI=1S/C34H37N7O/c1-34(2,35)33(42)38-30(20-25-22-37-29-15-9-7-13-27(25)29)32-40-39-31(41(32)19-18-23-10-4-3-5-11-23)17-16-24-21-36-28-14-8-6-12-26(24)28/h3-15,21-22,30,36-37H,16-20,35H2,1-2H3,(H,38,42). The van der Waals surface area contributed by atoms with Crippen molar-refractivity contribution in [3.05, 3.63) is 120 Å². The number of carbonyl (C=O) groups is 1. The second-order valence-corrected chi connectivity index (χ2v) is 11.5. The molecule has 1 atom stereocenters. The van der Waals surface area contributed by atoms with Crippen molar-refractivity contribution >= 4 is 27.7 Å². The van der Waals surface area contributed by atoms with Gasteiger partial charge < -0.3 is 25.6 Å². The number of hydrogen-bond acceptors (Lipinski definition) is 4. The largest absolute Gasteiger partial charge is 0.361 e. The van der Waals surface area contributed by atoms with Crippen molar-refractivity contribution in [2.45, 2.75) is 57.7 Å². The van der Waals surface area contributed by atoms with Gasteiger partial charge in [0.2, 0.25) is 5.91 Å². The van der Waals surface area contributed by atoms with Crippen LogP contribution in [0, 0.1) is 0 Å². The summed E-state index contributed by atoms with van der Waals surface area (Å²) in [5.41, 5.74) is 11.0. The van der Waals surface area contributed by atoms with Crippen molar-refractivity contribution in [3.63, 3.8) is 0 Å². The molecule has 6 rings (SSSR count). The topological polar surface area (TPSA) is 117 Å². The van der Waals surface area contributed by atoms with E-state index in [9.17, 15) is 4.79 Å². The smallest absolute Gasteiger partial charge is 0.240 e. The van der Waals surface area contributed by atoms with Crippen molar-refractivity contribution < 1.29 is 4.79 Å². The molecule has 3 heterocycles. The molecule has 8 nitrogen and oxygen atoms in total. The normalized spacial score (nSPS) is 12.6. The van der Waals surface area contributed by atoms with E-state index in [2.05, 4.69) is 80.6 Å². The molecule has 3 aromatic carbocycles.